The van der Waals surface area contributed by atoms with E-state index in [9.17, 15) is 9.59 Å². The molecule has 0 fully saturated rings. The van der Waals surface area contributed by atoms with Crippen molar-refractivity contribution in [3.8, 4) is 5.69 Å². The van der Waals surface area contributed by atoms with E-state index in [0.29, 0.717) is 12.1 Å². The first kappa shape index (κ1) is 18.4. The molecule has 6 heteroatoms. The average molecular weight is 362 g/mol. The molecule has 0 aliphatic rings. The Hall–Kier alpha value is -3.41. The van der Waals surface area contributed by atoms with Crippen molar-refractivity contribution in [2.75, 3.05) is 0 Å². The molecule has 3 rings (SSSR count). The number of nitrogens with zero attached hydrogens (tertiary/aromatic N) is 2. The Morgan fingerprint density at radius 3 is 2.63 bits per heavy atom. The lowest BCUT2D eigenvalue weighted by Gasteiger charge is -2.14. The van der Waals surface area contributed by atoms with Gasteiger partial charge < -0.3 is 10.6 Å². The van der Waals surface area contributed by atoms with Crippen molar-refractivity contribution < 1.29 is 9.59 Å². The van der Waals surface area contributed by atoms with Gasteiger partial charge in [-0.15, -0.1) is 0 Å². The van der Waals surface area contributed by atoms with Crippen molar-refractivity contribution in [1.29, 1.82) is 0 Å². The largest absolute Gasteiger partial charge is 0.350 e. The quantitative estimate of drug-likeness (QED) is 0.708. The van der Waals surface area contributed by atoms with Gasteiger partial charge in [0.15, 0.2) is 0 Å². The monoisotopic (exact) mass is 362 g/mol. The van der Waals surface area contributed by atoms with Gasteiger partial charge in [-0.2, -0.15) is 5.10 Å². The van der Waals surface area contributed by atoms with Crippen LogP contribution in [0.5, 0.6) is 0 Å². The zero-order valence-corrected chi connectivity index (χ0v) is 15.3. The predicted molar refractivity (Wildman–Crippen MR) is 104 cm³/mol. The van der Waals surface area contributed by atoms with Gasteiger partial charge >= 0.3 is 0 Å². The Kier molecular flexibility index (Phi) is 5.66. The van der Waals surface area contributed by atoms with Gasteiger partial charge in [-0.25, -0.2) is 4.68 Å². The number of nitrogens with one attached hydrogen (secondary N) is 2. The molecule has 3 aromatic rings. The van der Waals surface area contributed by atoms with Gasteiger partial charge in [0.25, 0.3) is 5.91 Å². The maximum Gasteiger partial charge on any atom is 0.251 e. The number of benzene rings is 2. The second-order valence-corrected chi connectivity index (χ2v) is 6.41. The molecule has 2 N–H and O–H groups in total. The molecule has 0 unspecified atom stereocenters. The minimum atomic E-state index is -0.637. The molecular weight excluding hydrogens is 340 g/mol. The molecule has 0 aliphatic heterocycles. The van der Waals surface area contributed by atoms with E-state index >= 15 is 0 Å². The van der Waals surface area contributed by atoms with Gasteiger partial charge in [0.1, 0.15) is 6.04 Å². The van der Waals surface area contributed by atoms with Crippen molar-refractivity contribution in [2.24, 2.45) is 0 Å². The number of para-hydroxylation sites is 1. The highest BCUT2D eigenvalue weighted by Crippen LogP contribution is 2.08. The van der Waals surface area contributed by atoms with Crippen LogP contribution < -0.4 is 10.6 Å². The minimum Gasteiger partial charge on any atom is -0.350 e. The summed E-state index contributed by atoms with van der Waals surface area (Å²) < 4.78 is 1.75. The summed E-state index contributed by atoms with van der Waals surface area (Å²) in [6.07, 6.45) is 3.58. The highest BCUT2D eigenvalue weighted by Gasteiger charge is 2.16. The van der Waals surface area contributed by atoms with E-state index in [4.69, 9.17) is 0 Å². The van der Waals surface area contributed by atoms with Crippen LogP contribution in [0.15, 0.2) is 67.0 Å². The highest BCUT2D eigenvalue weighted by molar-refractivity contribution is 5.97. The third-order valence-corrected chi connectivity index (χ3v) is 4.14. The number of aryl methyl sites for hydroxylation is 1. The van der Waals surface area contributed by atoms with Gasteiger partial charge in [-0.1, -0.05) is 35.9 Å². The topological polar surface area (TPSA) is 76.0 Å². The molecule has 1 heterocycles. The number of carbonyl (C=O) groups excluding carboxylic acids is 2. The van der Waals surface area contributed by atoms with E-state index in [-0.39, 0.29) is 11.8 Å². The summed E-state index contributed by atoms with van der Waals surface area (Å²) in [5.41, 5.74) is 3.37. The van der Waals surface area contributed by atoms with Crippen LogP contribution in [0.1, 0.15) is 28.4 Å². The molecule has 27 heavy (non-hydrogen) atoms. The summed E-state index contributed by atoms with van der Waals surface area (Å²) in [6, 6.07) is 16.4. The predicted octanol–water partition coefficient (Wildman–Crippen LogP) is 2.62. The van der Waals surface area contributed by atoms with E-state index < -0.39 is 6.04 Å². The molecule has 2 amide bonds. The number of rotatable bonds is 6. The molecule has 0 saturated heterocycles. The molecule has 0 aliphatic carbocycles. The van der Waals surface area contributed by atoms with E-state index in [0.717, 1.165) is 16.8 Å². The smallest absolute Gasteiger partial charge is 0.251 e. The SMILES string of the molecule is Cc1cccc(C(=O)N[C@H](C)C(=O)NCc2cnn(-c3ccccc3)c2)c1. The fourth-order valence-electron chi connectivity index (χ4n) is 2.65. The van der Waals surface area contributed by atoms with Crippen LogP contribution in [-0.4, -0.2) is 27.6 Å². The van der Waals surface area contributed by atoms with E-state index in [1.165, 1.54) is 0 Å². The first-order chi connectivity index (χ1) is 13.0. The molecule has 0 spiro atoms. The summed E-state index contributed by atoms with van der Waals surface area (Å²) >= 11 is 0. The van der Waals surface area contributed by atoms with Crippen molar-refractivity contribution >= 4 is 11.8 Å². The lowest BCUT2D eigenvalue weighted by molar-refractivity contribution is -0.122. The van der Waals surface area contributed by atoms with Crippen LogP contribution >= 0.6 is 0 Å². The van der Waals surface area contributed by atoms with Gasteiger partial charge in [-0.3, -0.25) is 9.59 Å². The first-order valence-corrected chi connectivity index (χ1v) is 8.77. The fourth-order valence-corrected chi connectivity index (χ4v) is 2.65. The summed E-state index contributed by atoms with van der Waals surface area (Å²) in [6.45, 7) is 3.93. The third kappa shape index (κ3) is 4.82. The summed E-state index contributed by atoms with van der Waals surface area (Å²) in [5.74, 6) is -0.512. The van der Waals surface area contributed by atoms with E-state index in [1.807, 2.05) is 55.6 Å². The highest BCUT2D eigenvalue weighted by atomic mass is 16.2. The van der Waals surface area contributed by atoms with Gasteiger partial charge in [0.2, 0.25) is 5.91 Å². The number of hydrogen-bond acceptors (Lipinski definition) is 3. The Bertz CT molecular complexity index is 934. The second kappa shape index (κ2) is 8.31. The molecule has 6 nitrogen and oxygen atoms in total. The summed E-state index contributed by atoms with van der Waals surface area (Å²) in [4.78, 5) is 24.5. The minimum absolute atomic E-state index is 0.247. The Morgan fingerprint density at radius 1 is 1.11 bits per heavy atom. The number of aromatic nitrogens is 2. The Morgan fingerprint density at radius 2 is 1.89 bits per heavy atom. The number of amides is 2. The van der Waals surface area contributed by atoms with Crippen LogP contribution in [0.3, 0.4) is 0 Å². The van der Waals surface area contributed by atoms with Crippen molar-refractivity contribution in [2.45, 2.75) is 26.4 Å². The van der Waals surface area contributed by atoms with Gasteiger partial charge in [0.05, 0.1) is 11.9 Å². The first-order valence-electron chi connectivity index (χ1n) is 8.77. The van der Waals surface area contributed by atoms with Crippen LogP contribution in [0.25, 0.3) is 5.69 Å². The van der Waals surface area contributed by atoms with E-state index in [1.54, 1.807) is 29.9 Å². The number of hydrogen-bond donors (Lipinski definition) is 2. The Labute approximate surface area is 158 Å². The van der Waals surface area contributed by atoms with Crippen LogP contribution in [0, 0.1) is 6.92 Å². The van der Waals surface area contributed by atoms with Gasteiger partial charge in [0, 0.05) is 23.9 Å². The molecule has 0 bridgehead atoms. The lowest BCUT2D eigenvalue weighted by Crippen LogP contribution is -2.44. The third-order valence-electron chi connectivity index (χ3n) is 4.14. The molecule has 2 aromatic carbocycles. The van der Waals surface area contributed by atoms with Gasteiger partial charge in [-0.05, 0) is 38.1 Å². The standard InChI is InChI=1S/C21H22N4O2/c1-15-7-6-8-18(11-15)21(27)24-16(2)20(26)22-12-17-13-23-25(14-17)19-9-4-3-5-10-19/h3-11,13-14,16H,12H2,1-2H3,(H,22,26)(H,24,27)/t16-/m1/s1. The summed E-state index contributed by atoms with van der Waals surface area (Å²) in [7, 11) is 0. The van der Waals surface area contributed by atoms with Crippen molar-refractivity contribution in [3.05, 3.63) is 83.7 Å². The second-order valence-electron chi connectivity index (χ2n) is 6.41. The van der Waals surface area contributed by atoms with E-state index in [2.05, 4.69) is 15.7 Å². The maximum absolute atomic E-state index is 12.3. The molecule has 0 radical (unpaired) electrons. The van der Waals surface area contributed by atoms with Crippen LogP contribution in [-0.2, 0) is 11.3 Å². The average Bonchev–Trinajstić information content (AvgIpc) is 3.15. The maximum atomic E-state index is 12.3. The molecule has 138 valence electrons. The zero-order valence-electron chi connectivity index (χ0n) is 15.3. The van der Waals surface area contributed by atoms with Crippen LogP contribution in [0.4, 0.5) is 0 Å². The molecule has 1 aromatic heterocycles. The summed E-state index contributed by atoms with van der Waals surface area (Å²) in [5, 5.41) is 9.84. The Balaban J connectivity index is 1.53. The number of carbonyl (C=O) groups is 2. The fraction of sp³-hybridized carbons (Fsp3) is 0.190. The molecular formula is C21H22N4O2. The molecule has 0 saturated carbocycles. The van der Waals surface area contributed by atoms with Crippen molar-refractivity contribution in [1.82, 2.24) is 20.4 Å². The van der Waals surface area contributed by atoms with Crippen LogP contribution in [0.2, 0.25) is 0 Å². The normalized spacial score (nSPS) is 11.6. The lowest BCUT2D eigenvalue weighted by atomic mass is 10.1. The van der Waals surface area contributed by atoms with Crippen molar-refractivity contribution in [3.63, 3.8) is 0 Å². The zero-order chi connectivity index (χ0) is 19.2. The molecule has 1 atom stereocenters.